The predicted molar refractivity (Wildman–Crippen MR) is 84.9 cm³/mol. The number of hydrogen-bond acceptors (Lipinski definition) is 1. The van der Waals surface area contributed by atoms with Gasteiger partial charge in [0.15, 0.2) is 0 Å². The Morgan fingerprint density at radius 1 is 0.947 bits per heavy atom. The molecule has 1 nitrogen and oxygen atoms in total. The van der Waals surface area contributed by atoms with Crippen molar-refractivity contribution in [2.45, 2.75) is 85.2 Å². The van der Waals surface area contributed by atoms with E-state index in [4.69, 9.17) is 6.42 Å². The summed E-state index contributed by atoms with van der Waals surface area (Å²) in [5.74, 6) is 4.64. The lowest BCUT2D eigenvalue weighted by molar-refractivity contribution is 0.0924. The van der Waals surface area contributed by atoms with Gasteiger partial charge in [-0.2, -0.15) is 0 Å². The van der Waals surface area contributed by atoms with Crippen LogP contribution in [0.25, 0.3) is 0 Å². The van der Waals surface area contributed by atoms with Crippen molar-refractivity contribution in [3.05, 3.63) is 0 Å². The fraction of sp³-hybridized carbons (Fsp3) is 0.889. The molecule has 1 heteroatoms. The van der Waals surface area contributed by atoms with Crippen molar-refractivity contribution in [2.75, 3.05) is 0 Å². The van der Waals surface area contributed by atoms with Crippen LogP contribution in [0, 0.1) is 30.1 Å². The Morgan fingerprint density at radius 2 is 1.42 bits per heavy atom. The van der Waals surface area contributed by atoms with Gasteiger partial charge in [0, 0.05) is 0 Å². The van der Waals surface area contributed by atoms with E-state index in [0.717, 1.165) is 11.8 Å². The van der Waals surface area contributed by atoms with Crippen LogP contribution in [0.2, 0.25) is 0 Å². The summed E-state index contributed by atoms with van der Waals surface area (Å²) < 4.78 is 0. The second-order valence-electron chi connectivity index (χ2n) is 7.09. The molecule has 0 aromatic rings. The molecule has 0 aromatic carbocycles. The second-order valence-corrected chi connectivity index (χ2v) is 7.09. The van der Waals surface area contributed by atoms with Gasteiger partial charge >= 0.3 is 0 Å². The van der Waals surface area contributed by atoms with Crippen molar-refractivity contribution in [2.24, 2.45) is 17.8 Å². The maximum absolute atomic E-state index is 9.83. The zero-order valence-electron chi connectivity index (χ0n) is 13.7. The van der Waals surface area contributed by atoms with E-state index in [2.05, 4.69) is 33.6 Å². The molecule has 0 aliphatic rings. The molecule has 0 aliphatic heterocycles. The average Bonchev–Trinajstić information content (AvgIpc) is 2.27. The van der Waals surface area contributed by atoms with Crippen molar-refractivity contribution in [3.63, 3.8) is 0 Å². The van der Waals surface area contributed by atoms with Crippen LogP contribution in [-0.4, -0.2) is 10.7 Å². The molecule has 3 unspecified atom stereocenters. The molecule has 0 saturated heterocycles. The van der Waals surface area contributed by atoms with Crippen molar-refractivity contribution < 1.29 is 5.11 Å². The van der Waals surface area contributed by atoms with Gasteiger partial charge in [0.1, 0.15) is 5.60 Å². The smallest absolute Gasteiger partial charge is 0.122 e. The van der Waals surface area contributed by atoms with Crippen molar-refractivity contribution in [3.8, 4) is 12.3 Å². The molecule has 0 saturated carbocycles. The number of hydrogen-bond donors (Lipinski definition) is 1. The number of rotatable bonds is 10. The molecule has 0 spiro atoms. The van der Waals surface area contributed by atoms with E-state index in [1.54, 1.807) is 6.92 Å². The Kier molecular flexibility index (Phi) is 9.19. The van der Waals surface area contributed by atoms with Crippen LogP contribution in [0.3, 0.4) is 0 Å². The maximum atomic E-state index is 9.83. The molecule has 1 N–H and O–H groups in total. The summed E-state index contributed by atoms with van der Waals surface area (Å²) >= 11 is 0. The van der Waals surface area contributed by atoms with Gasteiger partial charge in [0.05, 0.1) is 0 Å². The standard InChI is InChI=1S/C18H34O/c1-7-18(6,19)14-17(5)13-9-12-16(4)11-8-10-15(2)3/h1,15-17,19H,8-14H2,2-6H3. The fourth-order valence-corrected chi connectivity index (χ4v) is 2.67. The van der Waals surface area contributed by atoms with Gasteiger partial charge in [-0.25, -0.2) is 0 Å². The van der Waals surface area contributed by atoms with Crippen molar-refractivity contribution in [1.29, 1.82) is 0 Å². The van der Waals surface area contributed by atoms with Gasteiger partial charge < -0.3 is 5.11 Å². The molecule has 3 atom stereocenters. The summed E-state index contributed by atoms with van der Waals surface area (Å²) in [6, 6.07) is 0. The molecule has 112 valence electrons. The quantitative estimate of drug-likeness (QED) is 0.550. The third-order valence-electron chi connectivity index (χ3n) is 3.93. The molecular formula is C18H34O. The summed E-state index contributed by atoms with van der Waals surface area (Å²) in [6.07, 6.45) is 13.8. The Bertz CT molecular complexity index is 259. The Balaban J connectivity index is 3.65. The minimum absolute atomic E-state index is 0.508. The highest BCUT2D eigenvalue weighted by Gasteiger charge is 2.20. The molecule has 0 radical (unpaired) electrons. The molecule has 0 heterocycles. The van der Waals surface area contributed by atoms with Crippen LogP contribution in [0.5, 0.6) is 0 Å². The summed E-state index contributed by atoms with van der Waals surface area (Å²) in [6.45, 7) is 10.9. The first-order valence-electron chi connectivity index (χ1n) is 7.97. The number of terminal acetylenes is 1. The zero-order valence-corrected chi connectivity index (χ0v) is 13.7. The van der Waals surface area contributed by atoms with E-state index in [0.29, 0.717) is 12.3 Å². The summed E-state index contributed by atoms with van der Waals surface area (Å²) in [7, 11) is 0. The van der Waals surface area contributed by atoms with Gasteiger partial charge in [0.25, 0.3) is 0 Å². The minimum Gasteiger partial charge on any atom is -0.378 e. The molecule has 0 amide bonds. The van der Waals surface area contributed by atoms with Gasteiger partial charge in [0.2, 0.25) is 0 Å². The first kappa shape index (κ1) is 18.5. The van der Waals surface area contributed by atoms with Crippen LogP contribution in [0.15, 0.2) is 0 Å². The second kappa shape index (κ2) is 9.43. The third kappa shape index (κ3) is 11.1. The highest BCUT2D eigenvalue weighted by atomic mass is 16.3. The van der Waals surface area contributed by atoms with Crippen LogP contribution >= 0.6 is 0 Å². The summed E-state index contributed by atoms with van der Waals surface area (Å²) in [5.41, 5.74) is -0.928. The Morgan fingerprint density at radius 3 is 1.89 bits per heavy atom. The summed E-state index contributed by atoms with van der Waals surface area (Å²) in [5, 5.41) is 9.83. The van der Waals surface area contributed by atoms with Gasteiger partial charge in [-0.15, -0.1) is 6.42 Å². The average molecular weight is 266 g/mol. The Hall–Kier alpha value is -0.480. The number of aliphatic hydroxyl groups is 1. The zero-order chi connectivity index (χ0) is 14.9. The van der Waals surface area contributed by atoms with Crippen molar-refractivity contribution in [1.82, 2.24) is 0 Å². The SMILES string of the molecule is C#CC(C)(O)CC(C)CCCC(C)CCCC(C)C. The molecule has 0 aliphatic carbocycles. The molecule has 0 fully saturated rings. The molecule has 0 rings (SSSR count). The molecule has 0 bridgehead atoms. The van der Waals surface area contributed by atoms with Crippen LogP contribution in [-0.2, 0) is 0 Å². The molecular weight excluding hydrogens is 232 g/mol. The third-order valence-corrected chi connectivity index (χ3v) is 3.93. The van der Waals surface area contributed by atoms with E-state index in [-0.39, 0.29) is 0 Å². The Labute approximate surface area is 121 Å². The van der Waals surface area contributed by atoms with Gasteiger partial charge in [-0.1, -0.05) is 72.1 Å². The van der Waals surface area contributed by atoms with Crippen molar-refractivity contribution >= 4 is 0 Å². The van der Waals surface area contributed by atoms with Gasteiger partial charge in [-0.3, -0.25) is 0 Å². The molecule has 0 aromatic heterocycles. The van der Waals surface area contributed by atoms with Crippen LogP contribution in [0.1, 0.15) is 79.6 Å². The summed E-state index contributed by atoms with van der Waals surface area (Å²) in [4.78, 5) is 0. The minimum atomic E-state index is -0.928. The normalized spacial score (nSPS) is 17.8. The predicted octanol–water partition coefficient (Wildman–Crippen LogP) is 5.03. The lowest BCUT2D eigenvalue weighted by Gasteiger charge is -2.21. The first-order valence-corrected chi connectivity index (χ1v) is 7.97. The van der Waals surface area contributed by atoms with E-state index in [1.807, 2.05) is 0 Å². The van der Waals surface area contributed by atoms with Gasteiger partial charge in [-0.05, 0) is 31.1 Å². The van der Waals surface area contributed by atoms with E-state index < -0.39 is 5.60 Å². The topological polar surface area (TPSA) is 20.2 Å². The monoisotopic (exact) mass is 266 g/mol. The largest absolute Gasteiger partial charge is 0.378 e. The molecule has 19 heavy (non-hydrogen) atoms. The van der Waals surface area contributed by atoms with Crippen LogP contribution in [0.4, 0.5) is 0 Å². The lowest BCUT2D eigenvalue weighted by Crippen LogP contribution is -2.24. The maximum Gasteiger partial charge on any atom is 0.122 e. The van der Waals surface area contributed by atoms with Crippen LogP contribution < -0.4 is 0 Å². The van der Waals surface area contributed by atoms with E-state index in [9.17, 15) is 5.11 Å². The van der Waals surface area contributed by atoms with E-state index >= 15 is 0 Å². The fourth-order valence-electron chi connectivity index (χ4n) is 2.67. The highest BCUT2D eigenvalue weighted by molar-refractivity contribution is 5.04. The van der Waals surface area contributed by atoms with E-state index in [1.165, 1.54) is 38.5 Å². The first-order chi connectivity index (χ1) is 8.76. The highest BCUT2D eigenvalue weighted by Crippen LogP contribution is 2.23. The lowest BCUT2D eigenvalue weighted by atomic mass is 9.88.